The van der Waals surface area contributed by atoms with Gasteiger partial charge in [0.2, 0.25) is 11.8 Å². The second-order valence-corrected chi connectivity index (χ2v) is 12.6. The van der Waals surface area contributed by atoms with Gasteiger partial charge >= 0.3 is 0 Å². The number of thiazole rings is 1. The van der Waals surface area contributed by atoms with Crippen LogP contribution in [-0.2, 0) is 20.9 Å². The van der Waals surface area contributed by atoms with Crippen LogP contribution in [0.25, 0.3) is 11.3 Å². The van der Waals surface area contributed by atoms with Gasteiger partial charge in [-0.15, -0.1) is 11.3 Å². The second kappa shape index (κ2) is 12.6. The number of carbonyl (C=O) groups is 4. The summed E-state index contributed by atoms with van der Waals surface area (Å²) in [6.07, 6.45) is 3.44. The van der Waals surface area contributed by atoms with Crippen molar-refractivity contribution in [2.75, 3.05) is 35.8 Å². The van der Waals surface area contributed by atoms with Gasteiger partial charge < -0.3 is 15.1 Å². The molecule has 1 aromatic heterocycles. The first-order chi connectivity index (χ1) is 21.8. The third-order valence-electron chi connectivity index (χ3n) is 8.65. The van der Waals surface area contributed by atoms with Crippen molar-refractivity contribution in [3.63, 3.8) is 0 Å². The number of anilines is 3. The van der Waals surface area contributed by atoms with Gasteiger partial charge in [0.25, 0.3) is 11.7 Å². The molecule has 10 heteroatoms. The van der Waals surface area contributed by atoms with E-state index in [4.69, 9.17) is 4.98 Å². The average Bonchev–Trinajstić information content (AvgIpc) is 3.63. The van der Waals surface area contributed by atoms with Crippen LogP contribution in [0.2, 0.25) is 0 Å². The molecule has 3 amide bonds. The van der Waals surface area contributed by atoms with E-state index in [1.54, 1.807) is 29.2 Å². The number of ketones is 1. The number of nitrogens with zero attached hydrogens (tertiary/aromatic N) is 4. The van der Waals surface area contributed by atoms with E-state index in [-0.39, 0.29) is 24.6 Å². The van der Waals surface area contributed by atoms with Gasteiger partial charge in [0.15, 0.2) is 0 Å². The van der Waals surface area contributed by atoms with Crippen molar-refractivity contribution in [3.05, 3.63) is 94.8 Å². The number of nitrogens with one attached hydrogen (secondary N) is 1. The van der Waals surface area contributed by atoms with Crippen LogP contribution >= 0.6 is 11.3 Å². The molecule has 1 fully saturated rings. The summed E-state index contributed by atoms with van der Waals surface area (Å²) in [6.45, 7) is -0.258. The summed E-state index contributed by atoms with van der Waals surface area (Å²) in [6, 6.07) is 24.1. The van der Waals surface area contributed by atoms with Crippen LogP contribution in [0.1, 0.15) is 47.5 Å². The molecule has 6 rings (SSSR count). The molecule has 0 spiro atoms. The van der Waals surface area contributed by atoms with Crippen LogP contribution in [0.15, 0.2) is 84.2 Å². The zero-order valence-electron chi connectivity index (χ0n) is 25.4. The Balaban J connectivity index is 1.35. The number of hydrogen-bond donors (Lipinski definition) is 1. The summed E-state index contributed by atoms with van der Waals surface area (Å²) in [5.74, 6) is -2.06. The lowest BCUT2D eigenvalue weighted by molar-refractivity contribution is -0.148. The molecule has 2 heterocycles. The van der Waals surface area contributed by atoms with Gasteiger partial charge in [-0.3, -0.25) is 24.1 Å². The Kier molecular flexibility index (Phi) is 8.49. The van der Waals surface area contributed by atoms with E-state index in [1.165, 1.54) is 16.2 Å². The molecule has 1 saturated carbocycles. The minimum atomic E-state index is -1.17. The first-order valence-corrected chi connectivity index (χ1v) is 16.0. The largest absolute Gasteiger partial charge is 0.378 e. The van der Waals surface area contributed by atoms with E-state index in [9.17, 15) is 19.2 Å². The topological polar surface area (TPSA) is 103 Å². The van der Waals surface area contributed by atoms with Crippen molar-refractivity contribution in [2.24, 2.45) is 0 Å². The third-order valence-corrected chi connectivity index (χ3v) is 9.48. The molecular formula is C35H35N5O4S. The number of hydrogen-bond acceptors (Lipinski definition) is 7. The van der Waals surface area contributed by atoms with Crippen molar-refractivity contribution in [2.45, 2.75) is 44.2 Å². The molecule has 0 bridgehead atoms. The quantitative estimate of drug-likeness (QED) is 0.238. The summed E-state index contributed by atoms with van der Waals surface area (Å²) in [4.78, 5) is 64.3. The molecule has 0 saturated heterocycles. The lowest BCUT2D eigenvalue weighted by atomic mass is 9.79. The van der Waals surface area contributed by atoms with E-state index < -0.39 is 23.1 Å². The number of aromatic nitrogens is 1. The molecule has 230 valence electrons. The Bertz CT molecular complexity index is 1730. The molecule has 0 unspecified atom stereocenters. The highest BCUT2D eigenvalue weighted by atomic mass is 32.1. The van der Waals surface area contributed by atoms with Crippen LogP contribution in [0.4, 0.5) is 17.1 Å². The highest BCUT2D eigenvalue weighted by Gasteiger charge is 2.48. The summed E-state index contributed by atoms with van der Waals surface area (Å²) in [5.41, 5.74) is 2.91. The number of amides is 3. The maximum absolute atomic E-state index is 14.4. The molecule has 9 nitrogen and oxygen atoms in total. The van der Waals surface area contributed by atoms with Gasteiger partial charge in [-0.25, -0.2) is 4.98 Å². The van der Waals surface area contributed by atoms with Gasteiger partial charge in [0, 0.05) is 36.4 Å². The van der Waals surface area contributed by atoms with Crippen LogP contribution in [-0.4, -0.2) is 59.6 Å². The molecule has 4 aromatic rings. The molecule has 2 aliphatic rings. The Morgan fingerprint density at radius 3 is 2.31 bits per heavy atom. The number of fused-ring (bicyclic) bond motifs is 1. The zero-order valence-corrected chi connectivity index (χ0v) is 26.2. The van der Waals surface area contributed by atoms with Crippen LogP contribution < -0.4 is 15.1 Å². The van der Waals surface area contributed by atoms with Crippen molar-refractivity contribution < 1.29 is 19.2 Å². The van der Waals surface area contributed by atoms with Gasteiger partial charge in [-0.05, 0) is 49.2 Å². The molecular weight excluding hydrogens is 586 g/mol. The minimum Gasteiger partial charge on any atom is -0.378 e. The Hall–Kier alpha value is -4.83. The number of rotatable bonds is 9. The standard InChI is InChI=1S/C35H35N5O4S/c1-38(2)26-17-15-25(16-18-26)36-34(44)35(19-9-4-10-20-35)40(21-30-37-28(23-45-30)24-11-5-3-6-12-24)31(41)22-39-29-14-8-7-13-27(29)32(42)33(39)43/h3,5-8,11-18,23H,4,9-10,19-22H2,1-2H3,(H,36,44). The molecule has 1 N–H and O–H groups in total. The molecule has 0 atom stereocenters. The Morgan fingerprint density at radius 1 is 0.911 bits per heavy atom. The average molecular weight is 622 g/mol. The van der Waals surface area contributed by atoms with Crippen LogP contribution in [0, 0.1) is 0 Å². The van der Waals surface area contributed by atoms with Crippen LogP contribution in [0.3, 0.4) is 0 Å². The highest BCUT2D eigenvalue weighted by molar-refractivity contribution is 7.09. The number of Topliss-reactive ketones (excluding diaryl/α,β-unsaturated/α-hetero) is 1. The Labute approximate surface area is 266 Å². The lowest BCUT2D eigenvalue weighted by Crippen LogP contribution is -2.61. The predicted octanol–water partition coefficient (Wildman–Crippen LogP) is 5.78. The first kappa shape index (κ1) is 30.2. The molecule has 3 aromatic carbocycles. The van der Waals surface area contributed by atoms with Crippen molar-refractivity contribution in [1.82, 2.24) is 9.88 Å². The summed E-state index contributed by atoms with van der Waals surface area (Å²) in [5, 5.41) is 5.72. The van der Waals surface area contributed by atoms with Crippen molar-refractivity contribution in [1.29, 1.82) is 0 Å². The fourth-order valence-electron chi connectivity index (χ4n) is 6.21. The van der Waals surface area contributed by atoms with E-state index in [1.807, 2.05) is 79.0 Å². The van der Waals surface area contributed by atoms with E-state index in [2.05, 4.69) is 5.32 Å². The number of carbonyl (C=O) groups excluding carboxylic acids is 4. The van der Waals surface area contributed by atoms with Crippen molar-refractivity contribution >= 4 is 51.9 Å². The fourth-order valence-corrected chi connectivity index (χ4v) is 7.00. The minimum absolute atomic E-state index is 0.0982. The molecule has 1 aliphatic carbocycles. The summed E-state index contributed by atoms with van der Waals surface area (Å²) < 4.78 is 0. The lowest BCUT2D eigenvalue weighted by Gasteiger charge is -2.45. The fraction of sp³-hybridized carbons (Fsp3) is 0.286. The van der Waals surface area contributed by atoms with E-state index in [0.29, 0.717) is 29.2 Å². The third kappa shape index (κ3) is 5.98. The molecule has 1 aliphatic heterocycles. The predicted molar refractivity (Wildman–Crippen MR) is 176 cm³/mol. The van der Waals surface area contributed by atoms with E-state index in [0.717, 1.165) is 36.2 Å². The second-order valence-electron chi connectivity index (χ2n) is 11.7. The van der Waals surface area contributed by atoms with Gasteiger partial charge in [0.05, 0.1) is 23.5 Å². The van der Waals surface area contributed by atoms with Crippen LogP contribution in [0.5, 0.6) is 0 Å². The normalized spacial score (nSPS) is 15.5. The number of benzene rings is 3. The molecule has 45 heavy (non-hydrogen) atoms. The maximum atomic E-state index is 14.4. The van der Waals surface area contributed by atoms with Crippen molar-refractivity contribution in [3.8, 4) is 11.3 Å². The highest BCUT2D eigenvalue weighted by Crippen LogP contribution is 2.38. The SMILES string of the molecule is CN(C)c1ccc(NC(=O)C2(N(Cc3nc(-c4ccccc4)cs3)C(=O)CN3C(=O)C(=O)c4ccccc43)CCCCC2)cc1. The number of para-hydroxylation sites is 1. The monoisotopic (exact) mass is 621 g/mol. The maximum Gasteiger partial charge on any atom is 0.299 e. The smallest absolute Gasteiger partial charge is 0.299 e. The Morgan fingerprint density at radius 2 is 1.60 bits per heavy atom. The summed E-state index contributed by atoms with van der Waals surface area (Å²) >= 11 is 1.43. The van der Waals surface area contributed by atoms with E-state index >= 15 is 0 Å². The van der Waals surface area contributed by atoms with Gasteiger partial charge in [0.1, 0.15) is 17.1 Å². The zero-order chi connectivity index (χ0) is 31.6. The first-order valence-electron chi connectivity index (χ1n) is 15.1. The van der Waals surface area contributed by atoms with Gasteiger partial charge in [-0.1, -0.05) is 61.7 Å². The molecule has 0 radical (unpaired) electrons. The van der Waals surface area contributed by atoms with Gasteiger partial charge in [-0.2, -0.15) is 0 Å². The summed E-state index contributed by atoms with van der Waals surface area (Å²) in [7, 11) is 3.90.